The summed E-state index contributed by atoms with van der Waals surface area (Å²) in [5.41, 5.74) is 4.81. The van der Waals surface area contributed by atoms with Crippen molar-refractivity contribution in [2.75, 3.05) is 0 Å². The van der Waals surface area contributed by atoms with Gasteiger partial charge in [0.25, 0.3) is 0 Å². The van der Waals surface area contributed by atoms with Crippen LogP contribution >= 0.6 is 11.8 Å². The molecule has 0 bridgehead atoms. The molecule has 1 N–H and O–H groups in total. The van der Waals surface area contributed by atoms with Gasteiger partial charge in [-0.05, 0) is 44.0 Å². The first-order chi connectivity index (χ1) is 9.04. The lowest BCUT2D eigenvalue weighted by atomic mass is 10.1. The fourth-order valence-electron chi connectivity index (χ4n) is 2.07. The van der Waals surface area contributed by atoms with Crippen LogP contribution in [0.3, 0.4) is 0 Å². The van der Waals surface area contributed by atoms with E-state index in [1.54, 1.807) is 24.9 Å². The zero-order chi connectivity index (χ0) is 13.8. The van der Waals surface area contributed by atoms with E-state index < -0.39 is 6.10 Å². The van der Waals surface area contributed by atoms with Crippen LogP contribution in [0.4, 0.5) is 0 Å². The van der Waals surface area contributed by atoms with Gasteiger partial charge in [-0.1, -0.05) is 29.3 Å². The predicted molar refractivity (Wildman–Crippen MR) is 80.3 cm³/mol. The fraction of sp³-hybridized carbons (Fsp3) is 0.312. The monoisotopic (exact) mass is 273 g/mol. The Kier molecular flexibility index (Phi) is 4.61. The minimum absolute atomic E-state index is 0.441. The van der Waals surface area contributed by atoms with Crippen LogP contribution < -0.4 is 0 Å². The Morgan fingerprint density at radius 3 is 2.47 bits per heavy atom. The molecule has 0 saturated heterocycles. The molecule has 2 rings (SSSR count). The SMILES string of the molecule is Cc1cc(C)cc(CSc2cc([C@@H](C)O)ccn2)c1. The van der Waals surface area contributed by atoms with Crippen LogP contribution in [-0.4, -0.2) is 10.1 Å². The number of aromatic nitrogens is 1. The van der Waals surface area contributed by atoms with Crippen molar-refractivity contribution in [1.82, 2.24) is 4.98 Å². The topological polar surface area (TPSA) is 33.1 Å². The first kappa shape index (κ1) is 14.1. The first-order valence-electron chi connectivity index (χ1n) is 6.38. The van der Waals surface area contributed by atoms with Crippen molar-refractivity contribution in [3.8, 4) is 0 Å². The van der Waals surface area contributed by atoms with Gasteiger partial charge in [-0.3, -0.25) is 0 Å². The Balaban J connectivity index is 2.07. The number of thioether (sulfide) groups is 1. The third-order valence-electron chi connectivity index (χ3n) is 2.91. The quantitative estimate of drug-likeness (QED) is 0.853. The van der Waals surface area contributed by atoms with E-state index in [9.17, 15) is 5.11 Å². The first-order valence-corrected chi connectivity index (χ1v) is 7.37. The summed E-state index contributed by atoms with van der Waals surface area (Å²) in [6.07, 6.45) is 1.31. The Morgan fingerprint density at radius 1 is 1.16 bits per heavy atom. The summed E-state index contributed by atoms with van der Waals surface area (Å²) in [6.45, 7) is 6.01. The third-order valence-corrected chi connectivity index (χ3v) is 3.91. The van der Waals surface area contributed by atoms with E-state index in [2.05, 4.69) is 37.0 Å². The Labute approximate surface area is 118 Å². The Bertz CT molecular complexity index is 546. The summed E-state index contributed by atoms with van der Waals surface area (Å²) in [4.78, 5) is 4.33. The van der Waals surface area contributed by atoms with Crippen molar-refractivity contribution in [2.24, 2.45) is 0 Å². The zero-order valence-corrected chi connectivity index (χ0v) is 12.4. The third kappa shape index (κ3) is 4.08. The van der Waals surface area contributed by atoms with Gasteiger partial charge in [0.1, 0.15) is 0 Å². The van der Waals surface area contributed by atoms with E-state index in [0.717, 1.165) is 16.3 Å². The van der Waals surface area contributed by atoms with Crippen LogP contribution in [0, 0.1) is 13.8 Å². The number of rotatable bonds is 4. The molecule has 1 aromatic heterocycles. The van der Waals surface area contributed by atoms with Crippen molar-refractivity contribution in [1.29, 1.82) is 0 Å². The van der Waals surface area contributed by atoms with Crippen LogP contribution in [0.1, 0.15) is 35.3 Å². The average molecular weight is 273 g/mol. The fourth-order valence-corrected chi connectivity index (χ4v) is 2.91. The number of pyridine rings is 1. The van der Waals surface area contributed by atoms with Crippen molar-refractivity contribution in [3.63, 3.8) is 0 Å². The molecule has 19 heavy (non-hydrogen) atoms. The van der Waals surface area contributed by atoms with Crippen LogP contribution in [0.5, 0.6) is 0 Å². The molecule has 0 aliphatic rings. The molecule has 1 atom stereocenters. The zero-order valence-electron chi connectivity index (χ0n) is 11.6. The van der Waals surface area contributed by atoms with E-state index in [1.807, 2.05) is 12.1 Å². The molecule has 1 aromatic carbocycles. The van der Waals surface area contributed by atoms with Gasteiger partial charge in [-0.25, -0.2) is 4.98 Å². The summed E-state index contributed by atoms with van der Waals surface area (Å²) in [7, 11) is 0. The molecule has 2 nitrogen and oxygen atoms in total. The van der Waals surface area contributed by atoms with Gasteiger partial charge in [-0.2, -0.15) is 0 Å². The second-order valence-electron chi connectivity index (χ2n) is 4.89. The highest BCUT2D eigenvalue weighted by atomic mass is 32.2. The molecule has 0 aliphatic carbocycles. The molecule has 1 heterocycles. The highest BCUT2D eigenvalue weighted by Crippen LogP contribution is 2.24. The summed E-state index contributed by atoms with van der Waals surface area (Å²) >= 11 is 1.70. The smallest absolute Gasteiger partial charge is 0.0966 e. The molecule has 2 aromatic rings. The van der Waals surface area contributed by atoms with Gasteiger partial charge in [0.2, 0.25) is 0 Å². The Hall–Kier alpha value is -1.32. The summed E-state index contributed by atoms with van der Waals surface area (Å²) in [5.74, 6) is 0.902. The lowest BCUT2D eigenvalue weighted by molar-refractivity contribution is 0.199. The molecular weight excluding hydrogens is 254 g/mol. The van der Waals surface area contributed by atoms with Crippen molar-refractivity contribution in [3.05, 3.63) is 58.8 Å². The number of hydrogen-bond acceptors (Lipinski definition) is 3. The van der Waals surface area contributed by atoms with Gasteiger partial charge in [0.05, 0.1) is 11.1 Å². The van der Waals surface area contributed by atoms with Crippen LogP contribution in [0.2, 0.25) is 0 Å². The molecule has 0 saturated carbocycles. The number of aliphatic hydroxyl groups excluding tert-OH is 1. The van der Waals surface area contributed by atoms with Crippen molar-refractivity contribution >= 4 is 11.8 Å². The molecule has 0 unspecified atom stereocenters. The molecule has 0 spiro atoms. The Morgan fingerprint density at radius 2 is 1.84 bits per heavy atom. The lowest BCUT2D eigenvalue weighted by Gasteiger charge is -2.07. The molecular formula is C16H19NOS. The lowest BCUT2D eigenvalue weighted by Crippen LogP contribution is -1.92. The van der Waals surface area contributed by atoms with Crippen LogP contribution in [0.15, 0.2) is 41.6 Å². The summed E-state index contributed by atoms with van der Waals surface area (Å²) in [5, 5.41) is 10.5. The normalized spacial score (nSPS) is 12.4. The number of hydrogen-bond donors (Lipinski definition) is 1. The van der Waals surface area contributed by atoms with Gasteiger partial charge in [-0.15, -0.1) is 11.8 Å². The number of nitrogens with zero attached hydrogens (tertiary/aromatic N) is 1. The average Bonchev–Trinajstić information content (AvgIpc) is 2.35. The second kappa shape index (κ2) is 6.22. The number of aliphatic hydroxyl groups is 1. The van der Waals surface area contributed by atoms with E-state index >= 15 is 0 Å². The van der Waals surface area contributed by atoms with E-state index in [-0.39, 0.29) is 0 Å². The number of aryl methyl sites for hydroxylation is 2. The van der Waals surface area contributed by atoms with Gasteiger partial charge in [0.15, 0.2) is 0 Å². The van der Waals surface area contributed by atoms with Gasteiger partial charge >= 0.3 is 0 Å². The highest BCUT2D eigenvalue weighted by Gasteiger charge is 2.04. The van der Waals surface area contributed by atoms with Crippen molar-refractivity contribution < 1.29 is 5.11 Å². The molecule has 0 amide bonds. The maximum absolute atomic E-state index is 9.57. The molecule has 0 aliphatic heterocycles. The largest absolute Gasteiger partial charge is 0.389 e. The maximum atomic E-state index is 9.57. The van der Waals surface area contributed by atoms with Crippen LogP contribution in [0.25, 0.3) is 0 Å². The molecule has 0 fully saturated rings. The minimum Gasteiger partial charge on any atom is -0.389 e. The summed E-state index contributed by atoms with van der Waals surface area (Å²) < 4.78 is 0. The molecule has 100 valence electrons. The van der Waals surface area contributed by atoms with E-state index in [4.69, 9.17) is 0 Å². The van der Waals surface area contributed by atoms with Gasteiger partial charge in [0, 0.05) is 11.9 Å². The van der Waals surface area contributed by atoms with E-state index in [0.29, 0.717) is 0 Å². The van der Waals surface area contributed by atoms with Crippen LogP contribution in [-0.2, 0) is 5.75 Å². The van der Waals surface area contributed by atoms with Gasteiger partial charge < -0.3 is 5.11 Å². The molecule has 3 heteroatoms. The molecule has 0 radical (unpaired) electrons. The summed E-state index contributed by atoms with van der Waals surface area (Å²) in [6, 6.07) is 10.4. The highest BCUT2D eigenvalue weighted by molar-refractivity contribution is 7.98. The van der Waals surface area contributed by atoms with Crippen molar-refractivity contribution in [2.45, 2.75) is 37.7 Å². The standard InChI is InChI=1S/C16H19NOS/c1-11-6-12(2)8-14(7-11)10-19-16-9-15(13(3)18)4-5-17-16/h4-9,13,18H,10H2,1-3H3/t13-/m1/s1. The van der Waals surface area contributed by atoms with E-state index in [1.165, 1.54) is 16.7 Å². The number of benzene rings is 1. The maximum Gasteiger partial charge on any atom is 0.0966 e. The second-order valence-corrected chi connectivity index (χ2v) is 5.88. The predicted octanol–water partition coefficient (Wildman–Crippen LogP) is 4.04. The minimum atomic E-state index is -0.441.